The van der Waals surface area contributed by atoms with E-state index in [1.54, 1.807) is 0 Å². The average Bonchev–Trinajstić information content (AvgIpc) is 3.86. The number of rotatable bonds is 7. The van der Waals surface area contributed by atoms with Gasteiger partial charge in [0.15, 0.2) is 0 Å². The average molecular weight is 746 g/mol. The molecule has 0 N–H and O–H groups in total. The molecule has 0 aliphatic rings. The lowest BCUT2D eigenvalue weighted by Crippen LogP contribution is -2.10. The molecule has 2 heterocycles. The second-order valence-corrected chi connectivity index (χ2v) is 15.5. The van der Waals surface area contributed by atoms with Gasteiger partial charge in [-0.1, -0.05) is 164 Å². The van der Waals surface area contributed by atoms with Crippen molar-refractivity contribution in [2.75, 3.05) is 4.90 Å². The van der Waals surface area contributed by atoms with E-state index in [1.165, 1.54) is 53.6 Å². The monoisotopic (exact) mass is 745 g/mol. The van der Waals surface area contributed by atoms with Gasteiger partial charge in [0.05, 0.1) is 10.4 Å². The minimum absolute atomic E-state index is 0.902. The first kappa shape index (κ1) is 33.2. The van der Waals surface area contributed by atoms with Gasteiger partial charge in [-0.25, -0.2) is 0 Å². The van der Waals surface area contributed by atoms with Crippen LogP contribution in [0.4, 0.5) is 17.1 Å². The van der Waals surface area contributed by atoms with E-state index in [2.05, 4.69) is 205 Å². The van der Waals surface area contributed by atoms with E-state index in [4.69, 9.17) is 4.42 Å². The van der Waals surface area contributed by atoms with Crippen molar-refractivity contribution in [1.82, 2.24) is 0 Å². The summed E-state index contributed by atoms with van der Waals surface area (Å²) in [5.41, 5.74) is 14.8. The third-order valence-corrected chi connectivity index (χ3v) is 12.4. The first-order chi connectivity index (χ1) is 28.3. The van der Waals surface area contributed by atoms with Gasteiger partial charge in [0.1, 0.15) is 11.2 Å². The van der Waals surface area contributed by atoms with E-state index < -0.39 is 0 Å². The van der Waals surface area contributed by atoms with Gasteiger partial charge < -0.3 is 9.32 Å². The SMILES string of the molecule is c1ccc(-c2ccccc2-c2ccc(N(c3ccc(-c4ccc5c(c4)oc4ccccc45)cc3)c3cccc4c3sc3c(-c5ccccc5)cccc34)cc2)cc1. The van der Waals surface area contributed by atoms with E-state index in [1.807, 2.05) is 23.5 Å². The molecule has 0 bridgehead atoms. The molecule has 2 nitrogen and oxygen atoms in total. The molecule has 11 rings (SSSR count). The van der Waals surface area contributed by atoms with Crippen molar-refractivity contribution in [3.8, 4) is 44.5 Å². The van der Waals surface area contributed by atoms with Gasteiger partial charge >= 0.3 is 0 Å². The van der Waals surface area contributed by atoms with Gasteiger partial charge in [0.25, 0.3) is 0 Å². The van der Waals surface area contributed by atoms with Crippen LogP contribution < -0.4 is 4.90 Å². The molecule has 0 saturated carbocycles. The van der Waals surface area contributed by atoms with E-state index >= 15 is 0 Å². The first-order valence-electron chi connectivity index (χ1n) is 19.3. The fraction of sp³-hybridized carbons (Fsp3) is 0. The predicted octanol–water partition coefficient (Wildman–Crippen LogP) is 16.1. The Morgan fingerprint density at radius 3 is 1.51 bits per heavy atom. The summed E-state index contributed by atoms with van der Waals surface area (Å²) in [5.74, 6) is 0. The summed E-state index contributed by atoms with van der Waals surface area (Å²) in [5, 5.41) is 4.83. The number of fused-ring (bicyclic) bond motifs is 6. The molecule has 0 aliphatic carbocycles. The van der Waals surface area contributed by atoms with E-state index in [0.717, 1.165) is 50.1 Å². The standard InChI is InChI=1S/C54H35NOS/c1-3-13-37(14-4-1)43-17-7-8-18-44(43)39-27-32-42(33-28-39)55(41-30-25-36(26-31-41)40-29-34-47-46-19-9-10-24-51(46)56-52(47)35-40)50-23-12-22-49-48-21-11-20-45(53(48)57-54(49)50)38-15-5-2-6-16-38/h1-35H. The highest BCUT2D eigenvalue weighted by Gasteiger charge is 2.20. The van der Waals surface area contributed by atoms with Crippen molar-refractivity contribution >= 4 is 70.5 Å². The number of hydrogen-bond acceptors (Lipinski definition) is 3. The molecule has 0 spiro atoms. The molecule has 11 aromatic rings. The lowest BCUT2D eigenvalue weighted by atomic mass is 9.94. The van der Waals surface area contributed by atoms with Crippen LogP contribution in [0.1, 0.15) is 0 Å². The van der Waals surface area contributed by atoms with Crippen molar-refractivity contribution in [1.29, 1.82) is 0 Å². The lowest BCUT2D eigenvalue weighted by molar-refractivity contribution is 0.669. The third kappa shape index (κ3) is 5.80. The van der Waals surface area contributed by atoms with Crippen LogP contribution in [0.2, 0.25) is 0 Å². The molecule has 0 aliphatic heterocycles. The number of benzene rings is 9. The van der Waals surface area contributed by atoms with Crippen LogP contribution in [0.15, 0.2) is 217 Å². The molecule has 9 aromatic carbocycles. The Balaban J connectivity index is 1.05. The molecular formula is C54H35NOS. The zero-order valence-electron chi connectivity index (χ0n) is 31.0. The lowest BCUT2D eigenvalue weighted by Gasteiger charge is -2.26. The molecule has 57 heavy (non-hydrogen) atoms. The second kappa shape index (κ2) is 13.8. The van der Waals surface area contributed by atoms with Crippen LogP contribution in [0, 0.1) is 0 Å². The highest BCUT2D eigenvalue weighted by Crippen LogP contribution is 2.47. The molecule has 0 atom stereocenters. The predicted molar refractivity (Wildman–Crippen MR) is 243 cm³/mol. The summed E-state index contributed by atoms with van der Waals surface area (Å²) < 4.78 is 8.82. The molecule has 0 saturated heterocycles. The molecule has 3 heteroatoms. The summed E-state index contributed by atoms with van der Waals surface area (Å²) in [7, 11) is 0. The Kier molecular flexibility index (Phi) is 8.04. The van der Waals surface area contributed by atoms with Crippen LogP contribution in [-0.4, -0.2) is 0 Å². The van der Waals surface area contributed by atoms with Gasteiger partial charge in [0.2, 0.25) is 0 Å². The van der Waals surface area contributed by atoms with Crippen LogP contribution in [-0.2, 0) is 0 Å². The van der Waals surface area contributed by atoms with E-state index in [-0.39, 0.29) is 0 Å². The normalized spacial score (nSPS) is 11.5. The Morgan fingerprint density at radius 1 is 0.316 bits per heavy atom. The quantitative estimate of drug-likeness (QED) is 0.162. The maximum Gasteiger partial charge on any atom is 0.136 e. The maximum absolute atomic E-state index is 6.26. The van der Waals surface area contributed by atoms with Crippen LogP contribution in [0.25, 0.3) is 86.6 Å². The maximum atomic E-state index is 6.26. The highest BCUT2D eigenvalue weighted by atomic mass is 32.1. The fourth-order valence-corrected chi connectivity index (χ4v) is 9.70. The summed E-state index contributed by atoms with van der Waals surface area (Å²) >= 11 is 1.88. The van der Waals surface area contributed by atoms with Gasteiger partial charge in [-0.3, -0.25) is 0 Å². The zero-order valence-corrected chi connectivity index (χ0v) is 31.8. The number of thiophene rings is 1. The van der Waals surface area contributed by atoms with Gasteiger partial charge in [0, 0.05) is 37.6 Å². The molecule has 0 unspecified atom stereocenters. The largest absolute Gasteiger partial charge is 0.456 e. The Hall–Kier alpha value is -7.20. The number of para-hydroxylation sites is 1. The van der Waals surface area contributed by atoms with Gasteiger partial charge in [-0.15, -0.1) is 11.3 Å². The Labute approximate surface area is 335 Å². The van der Waals surface area contributed by atoms with E-state index in [0.29, 0.717) is 0 Å². The second-order valence-electron chi connectivity index (χ2n) is 14.5. The molecule has 0 amide bonds. The molecule has 268 valence electrons. The number of anilines is 3. The minimum Gasteiger partial charge on any atom is -0.456 e. The van der Waals surface area contributed by atoms with Crippen molar-refractivity contribution in [3.63, 3.8) is 0 Å². The molecule has 0 fully saturated rings. The van der Waals surface area contributed by atoms with Crippen LogP contribution >= 0.6 is 11.3 Å². The number of furan rings is 1. The minimum atomic E-state index is 0.902. The van der Waals surface area contributed by atoms with Crippen LogP contribution in [0.3, 0.4) is 0 Å². The molecular weight excluding hydrogens is 711 g/mol. The Morgan fingerprint density at radius 2 is 0.807 bits per heavy atom. The first-order valence-corrected chi connectivity index (χ1v) is 20.1. The van der Waals surface area contributed by atoms with E-state index in [9.17, 15) is 0 Å². The summed E-state index contributed by atoms with van der Waals surface area (Å²) in [6.45, 7) is 0. The smallest absolute Gasteiger partial charge is 0.136 e. The molecule has 2 aromatic heterocycles. The summed E-state index contributed by atoms with van der Waals surface area (Å²) in [4.78, 5) is 2.42. The summed E-state index contributed by atoms with van der Waals surface area (Å²) in [6.07, 6.45) is 0. The molecule has 0 radical (unpaired) electrons. The van der Waals surface area contributed by atoms with Crippen molar-refractivity contribution in [3.05, 3.63) is 212 Å². The van der Waals surface area contributed by atoms with Crippen LogP contribution in [0.5, 0.6) is 0 Å². The van der Waals surface area contributed by atoms with Crippen molar-refractivity contribution in [2.24, 2.45) is 0 Å². The highest BCUT2D eigenvalue weighted by molar-refractivity contribution is 7.27. The topological polar surface area (TPSA) is 16.4 Å². The fourth-order valence-electron chi connectivity index (χ4n) is 8.36. The number of hydrogen-bond donors (Lipinski definition) is 0. The summed E-state index contributed by atoms with van der Waals surface area (Å²) in [6, 6.07) is 76.3. The third-order valence-electron chi connectivity index (χ3n) is 11.1. The number of nitrogens with zero attached hydrogens (tertiary/aromatic N) is 1. The van der Waals surface area contributed by atoms with Crippen molar-refractivity contribution < 1.29 is 4.42 Å². The van der Waals surface area contributed by atoms with Crippen molar-refractivity contribution in [2.45, 2.75) is 0 Å². The van der Waals surface area contributed by atoms with Gasteiger partial charge in [-0.05, 0) is 93.0 Å². The Bertz CT molecular complexity index is 3210. The van der Waals surface area contributed by atoms with Gasteiger partial charge in [-0.2, -0.15) is 0 Å². The zero-order chi connectivity index (χ0) is 37.7.